The second-order valence-corrected chi connectivity index (χ2v) is 13.2. The maximum atomic E-state index is 13.6. The van der Waals surface area contributed by atoms with E-state index in [1.165, 1.54) is 12.1 Å². The normalized spacial score (nSPS) is 32.5. The Balaban J connectivity index is 1.39. The van der Waals surface area contributed by atoms with Crippen LogP contribution in [0.4, 0.5) is 9.18 Å². The van der Waals surface area contributed by atoms with E-state index in [9.17, 15) is 17.6 Å². The second-order valence-electron chi connectivity index (χ2n) is 10.9. The smallest absolute Gasteiger partial charge is 0.407 e. The molecule has 0 spiro atoms. The van der Waals surface area contributed by atoms with Gasteiger partial charge in [-0.05, 0) is 93.0 Å². The first-order valence-corrected chi connectivity index (χ1v) is 15.0. The first-order valence-electron chi connectivity index (χ1n) is 13.5. The molecule has 3 fully saturated rings. The van der Waals surface area contributed by atoms with Crippen molar-refractivity contribution < 1.29 is 22.3 Å². The van der Waals surface area contributed by atoms with Crippen LogP contribution >= 0.6 is 0 Å². The Labute approximate surface area is 224 Å². The summed E-state index contributed by atoms with van der Waals surface area (Å²) in [6, 6.07) is 10.3. The molecule has 2 aliphatic carbocycles. The predicted octanol–water partition coefficient (Wildman–Crippen LogP) is 5.10. The molecule has 3 aliphatic rings. The summed E-state index contributed by atoms with van der Waals surface area (Å²) < 4.78 is 46.6. The standard InChI is InChI=1S/C29H36FN3O4S/c1-4-37-29(34)32-24-11-12-25-21(15-24)16-27-28(18(2)38(35,36)33(27)3)26(25)13-10-23-9-8-20(17-31-23)19-6-5-7-22(30)14-19/h5-10,13-14,17-18,21,24-28H,4,11-12,15-16H2,1-3H3,(H,32,34)/t18-,21+,24-,25-,26+,27-,28+/m1/s1. The molecule has 0 bridgehead atoms. The number of sulfonamides is 1. The van der Waals surface area contributed by atoms with E-state index in [0.29, 0.717) is 18.4 Å². The minimum atomic E-state index is -3.36. The third-order valence-electron chi connectivity index (χ3n) is 8.88. The maximum absolute atomic E-state index is 13.6. The number of aromatic nitrogens is 1. The van der Waals surface area contributed by atoms with Crippen molar-refractivity contribution in [3.05, 3.63) is 60.2 Å². The number of pyridine rings is 1. The number of carbonyl (C=O) groups excluding carboxylic acids is 1. The van der Waals surface area contributed by atoms with Crippen molar-refractivity contribution in [2.75, 3.05) is 13.7 Å². The van der Waals surface area contributed by atoms with E-state index < -0.39 is 15.3 Å². The van der Waals surface area contributed by atoms with Gasteiger partial charge in [-0.25, -0.2) is 21.9 Å². The average molecular weight is 542 g/mol. The second kappa shape index (κ2) is 10.8. The number of allylic oxidation sites excluding steroid dienone is 1. The minimum absolute atomic E-state index is 0.00336. The summed E-state index contributed by atoms with van der Waals surface area (Å²) in [6.07, 6.45) is 8.92. The molecule has 2 heterocycles. The zero-order chi connectivity index (χ0) is 27.0. The SMILES string of the molecule is CCOC(=O)N[C@@H]1CC[C@@H]2[C@@H](C1)C[C@@H]1[C@H]([C@H]2C=Cc2ccc(-c3cccc(F)c3)cn2)[C@@H](C)S(=O)(=O)N1C. The molecule has 7 atom stereocenters. The van der Waals surface area contributed by atoms with E-state index >= 15 is 0 Å². The molecule has 5 rings (SSSR count). The summed E-state index contributed by atoms with van der Waals surface area (Å²) >= 11 is 0. The predicted molar refractivity (Wildman–Crippen MR) is 145 cm³/mol. The quantitative estimate of drug-likeness (QED) is 0.569. The monoisotopic (exact) mass is 541 g/mol. The van der Waals surface area contributed by atoms with E-state index in [2.05, 4.69) is 16.4 Å². The van der Waals surface area contributed by atoms with Gasteiger partial charge in [-0.2, -0.15) is 0 Å². The molecular weight excluding hydrogens is 505 g/mol. The zero-order valence-electron chi connectivity index (χ0n) is 22.1. The minimum Gasteiger partial charge on any atom is -0.450 e. The topological polar surface area (TPSA) is 88.6 Å². The Morgan fingerprint density at radius 1 is 1.21 bits per heavy atom. The number of carbonyl (C=O) groups is 1. The fourth-order valence-corrected chi connectivity index (χ4v) is 8.92. The fraction of sp³-hybridized carbons (Fsp3) is 0.517. The summed E-state index contributed by atoms with van der Waals surface area (Å²) in [5.41, 5.74) is 2.39. The van der Waals surface area contributed by atoms with Crippen LogP contribution in [0.25, 0.3) is 17.2 Å². The van der Waals surface area contributed by atoms with Gasteiger partial charge in [0.15, 0.2) is 0 Å². The number of benzene rings is 1. The van der Waals surface area contributed by atoms with Crippen molar-refractivity contribution in [1.29, 1.82) is 0 Å². The Hall–Kier alpha value is -2.78. The van der Waals surface area contributed by atoms with Crippen molar-refractivity contribution in [3.63, 3.8) is 0 Å². The maximum Gasteiger partial charge on any atom is 0.407 e. The van der Waals surface area contributed by atoms with Gasteiger partial charge in [-0.1, -0.05) is 24.3 Å². The van der Waals surface area contributed by atoms with Gasteiger partial charge in [0.1, 0.15) is 5.82 Å². The number of rotatable bonds is 5. The molecule has 1 aliphatic heterocycles. The Bertz CT molecular complexity index is 1300. The van der Waals surface area contributed by atoms with E-state index in [-0.39, 0.29) is 35.8 Å². The lowest BCUT2D eigenvalue weighted by Crippen LogP contribution is -2.50. The van der Waals surface area contributed by atoms with Crippen LogP contribution in [0.5, 0.6) is 0 Å². The van der Waals surface area contributed by atoms with Crippen LogP contribution in [0.15, 0.2) is 48.7 Å². The van der Waals surface area contributed by atoms with Crippen LogP contribution in [0.3, 0.4) is 0 Å². The molecule has 1 N–H and O–H groups in total. The van der Waals surface area contributed by atoms with Gasteiger partial charge < -0.3 is 10.1 Å². The number of ether oxygens (including phenoxy) is 1. The number of amides is 1. The van der Waals surface area contributed by atoms with Crippen LogP contribution in [0.1, 0.15) is 45.2 Å². The first kappa shape index (κ1) is 26.8. The van der Waals surface area contributed by atoms with Gasteiger partial charge in [0.25, 0.3) is 0 Å². The molecule has 7 nitrogen and oxygen atoms in total. The van der Waals surface area contributed by atoms with Crippen LogP contribution in [0, 0.1) is 29.5 Å². The highest BCUT2D eigenvalue weighted by Crippen LogP contribution is 2.53. The Kier molecular flexibility index (Phi) is 7.60. The zero-order valence-corrected chi connectivity index (χ0v) is 22.9. The van der Waals surface area contributed by atoms with E-state index in [1.807, 2.05) is 31.2 Å². The third-order valence-corrected chi connectivity index (χ3v) is 11.2. The highest BCUT2D eigenvalue weighted by molar-refractivity contribution is 7.90. The number of nitrogens with one attached hydrogen (secondary N) is 1. The molecule has 1 amide bonds. The summed E-state index contributed by atoms with van der Waals surface area (Å²) in [7, 11) is -1.65. The molecule has 204 valence electrons. The summed E-state index contributed by atoms with van der Waals surface area (Å²) in [5, 5.41) is 2.55. The Morgan fingerprint density at radius 2 is 2.03 bits per heavy atom. The summed E-state index contributed by atoms with van der Waals surface area (Å²) in [4.78, 5) is 16.6. The number of nitrogens with zero attached hydrogens (tertiary/aromatic N) is 2. The van der Waals surface area contributed by atoms with Crippen LogP contribution in [-0.2, 0) is 14.8 Å². The molecule has 0 radical (unpaired) electrons. The third kappa shape index (κ3) is 5.10. The lowest BCUT2D eigenvalue weighted by Gasteiger charge is -2.49. The van der Waals surface area contributed by atoms with Crippen molar-refractivity contribution in [3.8, 4) is 11.1 Å². The molecule has 1 aromatic carbocycles. The van der Waals surface area contributed by atoms with Crippen molar-refractivity contribution >= 4 is 22.2 Å². The van der Waals surface area contributed by atoms with Gasteiger partial charge in [0.2, 0.25) is 10.0 Å². The number of halogens is 1. The fourth-order valence-electron chi connectivity index (χ4n) is 7.03. The molecule has 1 aromatic heterocycles. The lowest BCUT2D eigenvalue weighted by molar-refractivity contribution is 0.0344. The number of hydrogen-bond donors (Lipinski definition) is 1. The molecule has 2 aromatic rings. The molecule has 0 unspecified atom stereocenters. The van der Waals surface area contributed by atoms with Crippen LogP contribution < -0.4 is 5.32 Å². The average Bonchev–Trinajstić information content (AvgIpc) is 3.06. The molecule has 9 heteroatoms. The van der Waals surface area contributed by atoms with Crippen molar-refractivity contribution in [2.45, 2.75) is 56.9 Å². The number of hydrogen-bond acceptors (Lipinski definition) is 5. The van der Waals surface area contributed by atoms with Crippen molar-refractivity contribution in [1.82, 2.24) is 14.6 Å². The Morgan fingerprint density at radius 3 is 2.74 bits per heavy atom. The van der Waals surface area contributed by atoms with E-state index in [4.69, 9.17) is 4.74 Å². The van der Waals surface area contributed by atoms with E-state index in [1.54, 1.807) is 30.5 Å². The van der Waals surface area contributed by atoms with Crippen LogP contribution in [0.2, 0.25) is 0 Å². The number of fused-ring (bicyclic) bond motifs is 2. The van der Waals surface area contributed by atoms with E-state index in [0.717, 1.165) is 42.5 Å². The van der Waals surface area contributed by atoms with Crippen LogP contribution in [-0.4, -0.2) is 54.8 Å². The summed E-state index contributed by atoms with van der Waals surface area (Å²) in [5.74, 6) is 0.442. The van der Waals surface area contributed by atoms with Gasteiger partial charge in [0.05, 0.1) is 17.6 Å². The first-order chi connectivity index (χ1) is 18.2. The summed E-state index contributed by atoms with van der Waals surface area (Å²) in [6.45, 7) is 3.97. The molecule has 2 saturated carbocycles. The van der Waals surface area contributed by atoms with Crippen molar-refractivity contribution in [2.24, 2.45) is 23.7 Å². The highest BCUT2D eigenvalue weighted by Gasteiger charge is 2.57. The largest absolute Gasteiger partial charge is 0.450 e. The van der Waals surface area contributed by atoms with Gasteiger partial charge >= 0.3 is 6.09 Å². The number of alkyl carbamates (subject to hydrolysis) is 1. The lowest BCUT2D eigenvalue weighted by atomic mass is 9.58. The molecular formula is C29H36FN3O4S. The van der Waals surface area contributed by atoms with Gasteiger partial charge in [-0.15, -0.1) is 0 Å². The molecule has 38 heavy (non-hydrogen) atoms. The highest BCUT2D eigenvalue weighted by atomic mass is 32.2. The molecule has 1 saturated heterocycles. The van der Waals surface area contributed by atoms with Gasteiger partial charge in [0, 0.05) is 30.9 Å². The van der Waals surface area contributed by atoms with Gasteiger partial charge in [-0.3, -0.25) is 4.98 Å².